The summed E-state index contributed by atoms with van der Waals surface area (Å²) in [5.41, 5.74) is 0.871. The van der Waals surface area contributed by atoms with Crippen molar-refractivity contribution in [2.75, 3.05) is 6.61 Å². The van der Waals surface area contributed by atoms with Gasteiger partial charge in [0, 0.05) is 18.1 Å². The number of halogens is 1. The van der Waals surface area contributed by atoms with E-state index < -0.39 is 35.2 Å². The van der Waals surface area contributed by atoms with Crippen molar-refractivity contribution in [3.05, 3.63) is 33.8 Å². The molecule has 0 bridgehead atoms. The van der Waals surface area contributed by atoms with E-state index in [9.17, 15) is 18.0 Å². The number of hydrogen-bond acceptors (Lipinski definition) is 5. The van der Waals surface area contributed by atoms with Crippen LogP contribution in [-0.2, 0) is 19.7 Å². The number of amides is 1. The Morgan fingerprint density at radius 1 is 1.32 bits per heavy atom. The number of hydrogen-bond donors (Lipinski definition) is 0. The molecule has 2 atom stereocenters. The Morgan fingerprint density at radius 2 is 1.96 bits per heavy atom. The molecule has 1 fully saturated rings. The van der Waals surface area contributed by atoms with Crippen molar-refractivity contribution in [1.29, 1.82) is 0 Å². The summed E-state index contributed by atoms with van der Waals surface area (Å²) in [6.07, 6.45) is 0.679. The molecule has 138 valence electrons. The van der Waals surface area contributed by atoms with Crippen LogP contribution < -0.4 is 0 Å². The molecular weight excluding hydrogens is 426 g/mol. The molecule has 1 aromatic carbocycles. The topological polar surface area (TPSA) is 80.8 Å². The molecule has 0 spiro atoms. The van der Waals surface area contributed by atoms with Crippen LogP contribution in [0.3, 0.4) is 0 Å². The standard InChI is InChI=1S/C16H22BrNO5SSi/c1-11-15(13-6-5-12(10-19)9-14(13)17)24(21,22)18(16(11)20)23-7-8-25(2,3)4/h5-6,9-11,15H,7-8H2,1-4H3. The molecule has 2 rings (SSSR count). The lowest BCUT2D eigenvalue weighted by Crippen LogP contribution is -2.33. The molecule has 0 aliphatic carbocycles. The van der Waals surface area contributed by atoms with Crippen LogP contribution in [0.4, 0.5) is 0 Å². The van der Waals surface area contributed by atoms with Crippen LogP contribution in [0.1, 0.15) is 28.1 Å². The summed E-state index contributed by atoms with van der Waals surface area (Å²) in [7, 11) is -5.39. The maximum absolute atomic E-state index is 12.9. The summed E-state index contributed by atoms with van der Waals surface area (Å²) >= 11 is 3.31. The van der Waals surface area contributed by atoms with E-state index in [1.807, 2.05) is 0 Å². The van der Waals surface area contributed by atoms with Crippen molar-refractivity contribution < 1.29 is 22.8 Å². The van der Waals surface area contributed by atoms with Gasteiger partial charge < -0.3 is 0 Å². The molecule has 25 heavy (non-hydrogen) atoms. The minimum Gasteiger partial charge on any atom is -0.298 e. The summed E-state index contributed by atoms with van der Waals surface area (Å²) in [6, 6.07) is 5.40. The second-order valence-electron chi connectivity index (χ2n) is 7.36. The van der Waals surface area contributed by atoms with Gasteiger partial charge in [0.1, 0.15) is 11.5 Å². The number of aldehydes is 1. The normalized spacial score (nSPS) is 23.1. The summed E-state index contributed by atoms with van der Waals surface area (Å²) in [5, 5.41) is -1.04. The van der Waals surface area contributed by atoms with Gasteiger partial charge >= 0.3 is 0 Å². The molecule has 1 amide bonds. The lowest BCUT2D eigenvalue weighted by atomic mass is 9.99. The molecule has 6 nitrogen and oxygen atoms in total. The fraction of sp³-hybridized carbons (Fsp3) is 0.500. The van der Waals surface area contributed by atoms with E-state index in [-0.39, 0.29) is 6.61 Å². The zero-order valence-electron chi connectivity index (χ0n) is 14.7. The van der Waals surface area contributed by atoms with E-state index in [4.69, 9.17) is 4.84 Å². The molecule has 1 aliphatic rings. The zero-order valence-corrected chi connectivity index (χ0v) is 18.1. The van der Waals surface area contributed by atoms with E-state index in [1.165, 1.54) is 6.07 Å². The van der Waals surface area contributed by atoms with Crippen LogP contribution in [0.5, 0.6) is 0 Å². The second kappa shape index (κ2) is 7.30. The van der Waals surface area contributed by atoms with Crippen LogP contribution >= 0.6 is 15.9 Å². The first-order valence-corrected chi connectivity index (χ1v) is 13.9. The fourth-order valence-electron chi connectivity index (χ4n) is 2.63. The molecule has 1 saturated heterocycles. The Morgan fingerprint density at radius 3 is 2.48 bits per heavy atom. The summed E-state index contributed by atoms with van der Waals surface area (Å²) in [6.45, 7) is 8.22. The van der Waals surface area contributed by atoms with Crippen molar-refractivity contribution in [2.45, 2.75) is 37.9 Å². The second-order valence-corrected chi connectivity index (χ2v) is 15.7. The first-order chi connectivity index (χ1) is 11.5. The SMILES string of the molecule is CC1C(=O)N(OCC[Si](C)(C)C)S(=O)(=O)C1c1ccc(C=O)cc1Br. The van der Waals surface area contributed by atoms with Gasteiger partial charge in [-0.3, -0.25) is 14.4 Å². The van der Waals surface area contributed by atoms with Gasteiger partial charge in [-0.25, -0.2) is 8.42 Å². The number of nitrogens with zero attached hydrogens (tertiary/aromatic N) is 1. The van der Waals surface area contributed by atoms with Gasteiger partial charge in [0.25, 0.3) is 15.9 Å². The molecule has 1 heterocycles. The van der Waals surface area contributed by atoms with E-state index in [2.05, 4.69) is 35.6 Å². The lowest BCUT2D eigenvalue weighted by molar-refractivity contribution is -0.157. The van der Waals surface area contributed by atoms with Crippen molar-refractivity contribution in [3.8, 4) is 0 Å². The van der Waals surface area contributed by atoms with Gasteiger partial charge in [-0.2, -0.15) is 0 Å². The molecule has 0 saturated carbocycles. The molecule has 0 N–H and O–H groups in total. The van der Waals surface area contributed by atoms with Crippen molar-refractivity contribution in [3.63, 3.8) is 0 Å². The highest BCUT2D eigenvalue weighted by molar-refractivity contribution is 9.10. The molecule has 2 unspecified atom stereocenters. The highest BCUT2D eigenvalue weighted by atomic mass is 79.9. The first kappa shape index (κ1) is 20.3. The molecule has 0 aromatic heterocycles. The largest absolute Gasteiger partial charge is 0.298 e. The quantitative estimate of drug-likeness (QED) is 0.492. The Labute approximate surface area is 157 Å². The van der Waals surface area contributed by atoms with Crippen molar-refractivity contribution >= 4 is 46.2 Å². The van der Waals surface area contributed by atoms with Crippen molar-refractivity contribution in [2.24, 2.45) is 5.92 Å². The monoisotopic (exact) mass is 447 g/mol. The number of carbonyl (C=O) groups excluding carboxylic acids is 2. The smallest absolute Gasteiger partial charge is 0.268 e. The van der Waals surface area contributed by atoms with Gasteiger partial charge in [0.2, 0.25) is 0 Å². The first-order valence-electron chi connectivity index (χ1n) is 7.94. The lowest BCUT2D eigenvalue weighted by Gasteiger charge is -2.20. The zero-order chi connectivity index (χ0) is 19.0. The summed E-state index contributed by atoms with van der Waals surface area (Å²) in [4.78, 5) is 28.7. The van der Waals surface area contributed by atoms with Gasteiger partial charge in [-0.1, -0.05) is 54.6 Å². The minimum absolute atomic E-state index is 0.200. The molecule has 1 aromatic rings. The predicted octanol–water partition coefficient (Wildman–Crippen LogP) is 3.38. The minimum atomic E-state index is -3.98. The Bertz CT molecular complexity index is 790. The van der Waals surface area contributed by atoms with E-state index in [0.717, 1.165) is 6.04 Å². The number of hydroxylamine groups is 1. The third kappa shape index (κ3) is 4.21. The molecule has 0 radical (unpaired) electrons. The summed E-state index contributed by atoms with van der Waals surface area (Å²) in [5.74, 6) is -1.33. The average Bonchev–Trinajstić information content (AvgIpc) is 2.66. The van der Waals surface area contributed by atoms with Crippen LogP contribution in [-0.4, -0.2) is 39.8 Å². The Kier molecular flexibility index (Phi) is 5.92. The van der Waals surface area contributed by atoms with E-state index in [1.54, 1.807) is 19.1 Å². The third-order valence-corrected chi connectivity index (χ3v) is 8.55. The van der Waals surface area contributed by atoms with E-state index in [0.29, 0.717) is 26.4 Å². The number of rotatable bonds is 6. The van der Waals surface area contributed by atoms with Gasteiger partial charge in [-0.05, 0) is 17.7 Å². The van der Waals surface area contributed by atoms with Gasteiger partial charge in [-0.15, -0.1) is 4.47 Å². The van der Waals surface area contributed by atoms with Crippen LogP contribution in [0.25, 0.3) is 0 Å². The van der Waals surface area contributed by atoms with Crippen LogP contribution in [0.2, 0.25) is 25.7 Å². The van der Waals surface area contributed by atoms with Crippen LogP contribution in [0, 0.1) is 5.92 Å². The maximum Gasteiger partial charge on any atom is 0.268 e. The molecule has 1 aliphatic heterocycles. The number of sulfonamides is 1. The molecular formula is C16H22BrNO5SSi. The van der Waals surface area contributed by atoms with E-state index >= 15 is 0 Å². The number of benzene rings is 1. The fourth-order valence-corrected chi connectivity index (χ4v) is 6.13. The highest BCUT2D eigenvalue weighted by Gasteiger charge is 2.52. The summed E-state index contributed by atoms with van der Waals surface area (Å²) < 4.78 is 26.8. The maximum atomic E-state index is 12.9. The highest BCUT2D eigenvalue weighted by Crippen LogP contribution is 2.43. The molecule has 9 heteroatoms. The predicted molar refractivity (Wildman–Crippen MR) is 101 cm³/mol. The Hall–Kier alpha value is -1.03. The number of carbonyl (C=O) groups is 2. The average molecular weight is 448 g/mol. The van der Waals surface area contributed by atoms with Gasteiger partial charge in [0.05, 0.1) is 12.5 Å². The van der Waals surface area contributed by atoms with Gasteiger partial charge in [0.15, 0.2) is 0 Å². The third-order valence-electron chi connectivity index (χ3n) is 4.10. The van der Waals surface area contributed by atoms with Crippen molar-refractivity contribution in [1.82, 2.24) is 4.47 Å². The Balaban J connectivity index is 2.32. The van der Waals surface area contributed by atoms with Crippen LogP contribution in [0.15, 0.2) is 22.7 Å².